The zero-order valence-electron chi connectivity index (χ0n) is 10.1. The van der Waals surface area contributed by atoms with Crippen molar-refractivity contribution in [2.24, 2.45) is 0 Å². The van der Waals surface area contributed by atoms with Crippen LogP contribution in [-0.4, -0.2) is 16.1 Å². The number of aromatic carboxylic acids is 1. The number of benzene rings is 1. The second-order valence-corrected chi connectivity index (χ2v) is 3.86. The Bertz CT molecular complexity index is 725. The van der Waals surface area contributed by atoms with Crippen LogP contribution in [0.5, 0.6) is 0 Å². The van der Waals surface area contributed by atoms with Gasteiger partial charge in [0.2, 0.25) is 0 Å². The van der Waals surface area contributed by atoms with E-state index < -0.39 is 11.8 Å². The maximum atomic E-state index is 13.7. The second kappa shape index (κ2) is 5.24. The van der Waals surface area contributed by atoms with Gasteiger partial charge in [-0.1, -0.05) is 0 Å². The number of anilines is 3. The monoisotopic (exact) mass is 272 g/mol. The Morgan fingerprint density at radius 3 is 2.80 bits per heavy atom. The first-order chi connectivity index (χ1) is 9.52. The SMILES string of the molecule is N#Cc1ccc(Nc2nccc(C(=O)O)c2N)c(F)c1. The third-order valence-electron chi connectivity index (χ3n) is 2.57. The summed E-state index contributed by atoms with van der Waals surface area (Å²) in [5, 5.41) is 20.2. The molecule has 6 nitrogen and oxygen atoms in total. The fraction of sp³-hybridized carbons (Fsp3) is 0. The van der Waals surface area contributed by atoms with Gasteiger partial charge in [-0.25, -0.2) is 14.2 Å². The lowest BCUT2D eigenvalue weighted by Crippen LogP contribution is -2.07. The highest BCUT2D eigenvalue weighted by Crippen LogP contribution is 2.25. The molecule has 0 saturated carbocycles. The quantitative estimate of drug-likeness (QED) is 0.788. The normalized spacial score (nSPS) is 9.80. The number of nitrogen functional groups attached to an aromatic ring is 1. The van der Waals surface area contributed by atoms with Crippen molar-refractivity contribution < 1.29 is 14.3 Å². The molecule has 0 amide bonds. The van der Waals surface area contributed by atoms with Crippen molar-refractivity contribution in [2.75, 3.05) is 11.1 Å². The summed E-state index contributed by atoms with van der Waals surface area (Å²) in [4.78, 5) is 14.8. The average molecular weight is 272 g/mol. The summed E-state index contributed by atoms with van der Waals surface area (Å²) in [6, 6.07) is 6.88. The van der Waals surface area contributed by atoms with Gasteiger partial charge in [-0.05, 0) is 24.3 Å². The van der Waals surface area contributed by atoms with Crippen molar-refractivity contribution in [1.29, 1.82) is 5.26 Å². The van der Waals surface area contributed by atoms with Gasteiger partial charge in [-0.3, -0.25) is 0 Å². The number of nitriles is 1. The molecule has 0 radical (unpaired) electrons. The number of carbonyl (C=O) groups is 1. The number of aromatic nitrogens is 1. The number of halogens is 1. The lowest BCUT2D eigenvalue weighted by atomic mass is 10.2. The summed E-state index contributed by atoms with van der Waals surface area (Å²) < 4.78 is 13.7. The van der Waals surface area contributed by atoms with E-state index in [1.807, 2.05) is 6.07 Å². The molecule has 0 bridgehead atoms. The fourth-order valence-corrected chi connectivity index (χ4v) is 1.57. The Balaban J connectivity index is 2.38. The van der Waals surface area contributed by atoms with Gasteiger partial charge in [0, 0.05) is 6.20 Å². The molecule has 4 N–H and O–H groups in total. The molecule has 0 atom stereocenters. The van der Waals surface area contributed by atoms with Crippen LogP contribution >= 0.6 is 0 Å². The van der Waals surface area contributed by atoms with Crippen LogP contribution in [-0.2, 0) is 0 Å². The topological polar surface area (TPSA) is 112 Å². The van der Waals surface area contributed by atoms with Gasteiger partial charge in [0.05, 0.1) is 28.6 Å². The highest BCUT2D eigenvalue weighted by Gasteiger charge is 2.13. The minimum Gasteiger partial charge on any atom is -0.478 e. The van der Waals surface area contributed by atoms with Gasteiger partial charge in [0.25, 0.3) is 0 Å². The summed E-state index contributed by atoms with van der Waals surface area (Å²) in [6.45, 7) is 0. The van der Waals surface area contributed by atoms with E-state index in [9.17, 15) is 9.18 Å². The number of hydrogen-bond donors (Lipinski definition) is 3. The first-order valence-corrected chi connectivity index (χ1v) is 5.47. The van der Waals surface area contributed by atoms with Gasteiger partial charge in [-0.15, -0.1) is 0 Å². The molecule has 0 aliphatic heterocycles. The molecule has 0 aliphatic rings. The van der Waals surface area contributed by atoms with Crippen LogP contribution in [0.15, 0.2) is 30.5 Å². The Kier molecular flexibility index (Phi) is 3.48. The van der Waals surface area contributed by atoms with Crippen LogP contribution in [0, 0.1) is 17.1 Å². The third kappa shape index (κ3) is 2.49. The molecule has 2 rings (SSSR count). The maximum Gasteiger partial charge on any atom is 0.337 e. The van der Waals surface area contributed by atoms with Crippen LogP contribution in [0.4, 0.5) is 21.6 Å². The predicted molar refractivity (Wildman–Crippen MR) is 70.0 cm³/mol. The number of nitrogens with zero attached hydrogens (tertiary/aromatic N) is 2. The fourth-order valence-electron chi connectivity index (χ4n) is 1.57. The molecular weight excluding hydrogens is 263 g/mol. The standard InChI is InChI=1S/C13H9FN4O2/c14-9-5-7(6-15)1-2-10(9)18-12-11(16)8(13(19)20)3-4-17-12/h1-5H,16H2,(H,17,18)(H,19,20). The Morgan fingerprint density at radius 1 is 1.45 bits per heavy atom. The summed E-state index contributed by atoms with van der Waals surface area (Å²) in [6.07, 6.45) is 1.25. The molecule has 100 valence electrons. The minimum atomic E-state index is -1.20. The van der Waals surface area contributed by atoms with Gasteiger partial charge in [-0.2, -0.15) is 5.26 Å². The predicted octanol–water partition coefficient (Wildman–Crippen LogP) is 2.12. The first kappa shape index (κ1) is 13.3. The number of rotatable bonds is 3. The van der Waals surface area contributed by atoms with E-state index in [1.165, 1.54) is 24.4 Å². The number of carboxylic acid groups (broad SMARTS) is 1. The van der Waals surface area contributed by atoms with Crippen molar-refractivity contribution in [1.82, 2.24) is 4.98 Å². The molecule has 1 aromatic carbocycles. The largest absolute Gasteiger partial charge is 0.478 e. The molecule has 20 heavy (non-hydrogen) atoms. The Hall–Kier alpha value is -3.14. The summed E-state index contributed by atoms with van der Waals surface area (Å²) in [7, 11) is 0. The molecule has 0 saturated heterocycles. The van der Waals surface area contributed by atoms with Gasteiger partial charge in [0.15, 0.2) is 5.82 Å². The van der Waals surface area contributed by atoms with E-state index in [-0.39, 0.29) is 28.3 Å². The van der Waals surface area contributed by atoms with Crippen molar-refractivity contribution in [3.8, 4) is 6.07 Å². The Labute approximate surface area is 113 Å². The highest BCUT2D eigenvalue weighted by molar-refractivity contribution is 5.96. The molecule has 0 fully saturated rings. The summed E-state index contributed by atoms with van der Waals surface area (Å²) in [5.41, 5.74) is 5.66. The van der Waals surface area contributed by atoms with Crippen LogP contribution in [0.1, 0.15) is 15.9 Å². The van der Waals surface area contributed by atoms with Crippen molar-refractivity contribution in [2.45, 2.75) is 0 Å². The molecule has 1 aromatic heterocycles. The number of nitrogens with one attached hydrogen (secondary N) is 1. The lowest BCUT2D eigenvalue weighted by molar-refractivity contribution is 0.0698. The van der Waals surface area contributed by atoms with E-state index in [0.29, 0.717) is 0 Å². The molecule has 2 aromatic rings. The van der Waals surface area contributed by atoms with E-state index >= 15 is 0 Å². The van der Waals surface area contributed by atoms with Crippen molar-refractivity contribution >= 4 is 23.2 Å². The van der Waals surface area contributed by atoms with Crippen molar-refractivity contribution in [3.63, 3.8) is 0 Å². The number of pyridine rings is 1. The summed E-state index contributed by atoms with van der Waals surface area (Å²) >= 11 is 0. The molecule has 0 unspecified atom stereocenters. The van der Waals surface area contributed by atoms with E-state index in [2.05, 4.69) is 10.3 Å². The van der Waals surface area contributed by atoms with Gasteiger partial charge >= 0.3 is 5.97 Å². The molecule has 0 spiro atoms. The van der Waals surface area contributed by atoms with Crippen LogP contribution < -0.4 is 11.1 Å². The highest BCUT2D eigenvalue weighted by atomic mass is 19.1. The molecule has 1 heterocycles. The van der Waals surface area contributed by atoms with Crippen LogP contribution in [0.25, 0.3) is 0 Å². The zero-order chi connectivity index (χ0) is 14.7. The van der Waals surface area contributed by atoms with Crippen LogP contribution in [0.2, 0.25) is 0 Å². The lowest BCUT2D eigenvalue weighted by Gasteiger charge is -2.10. The zero-order valence-corrected chi connectivity index (χ0v) is 10.1. The van der Waals surface area contributed by atoms with Gasteiger partial charge < -0.3 is 16.2 Å². The smallest absolute Gasteiger partial charge is 0.337 e. The van der Waals surface area contributed by atoms with E-state index in [0.717, 1.165) is 6.07 Å². The number of carboxylic acids is 1. The molecule has 7 heteroatoms. The number of hydrogen-bond acceptors (Lipinski definition) is 5. The molecular formula is C13H9FN4O2. The third-order valence-corrected chi connectivity index (χ3v) is 2.57. The van der Waals surface area contributed by atoms with Gasteiger partial charge in [0.1, 0.15) is 5.82 Å². The first-order valence-electron chi connectivity index (χ1n) is 5.47. The van der Waals surface area contributed by atoms with Crippen LogP contribution in [0.3, 0.4) is 0 Å². The summed E-state index contributed by atoms with van der Waals surface area (Å²) in [5.74, 6) is -1.83. The maximum absolute atomic E-state index is 13.7. The van der Waals surface area contributed by atoms with E-state index in [1.54, 1.807) is 0 Å². The average Bonchev–Trinajstić information content (AvgIpc) is 2.42. The Morgan fingerprint density at radius 2 is 2.20 bits per heavy atom. The van der Waals surface area contributed by atoms with Crippen molar-refractivity contribution in [3.05, 3.63) is 47.4 Å². The number of nitrogens with two attached hydrogens (primary N) is 1. The minimum absolute atomic E-state index is 0.0357. The second-order valence-electron chi connectivity index (χ2n) is 3.86. The molecule has 0 aliphatic carbocycles. The van der Waals surface area contributed by atoms with E-state index in [4.69, 9.17) is 16.1 Å².